The minimum atomic E-state index is -0.0576. The first-order chi connectivity index (χ1) is 26.8. The molecule has 0 aliphatic heterocycles. The first-order valence-electron chi connectivity index (χ1n) is 19.5. The molecule has 1 aromatic heterocycles. The molecule has 268 valence electrons. The average Bonchev–Trinajstić information content (AvgIpc) is 3.65. The van der Waals surface area contributed by atoms with E-state index in [1.165, 1.54) is 66.1 Å². The molecule has 6 aromatic carbocycles. The Morgan fingerprint density at radius 3 is 2.33 bits per heavy atom. The van der Waals surface area contributed by atoms with Crippen molar-refractivity contribution in [1.82, 2.24) is 4.57 Å². The van der Waals surface area contributed by atoms with E-state index < -0.39 is 0 Å². The number of nitrogens with one attached hydrogen (secondary N) is 1. The number of nitrogens with zero attached hydrogens (tertiary/aromatic N) is 1. The lowest BCUT2D eigenvalue weighted by molar-refractivity contribution is 0.659. The lowest BCUT2D eigenvalue weighted by Crippen LogP contribution is -2.31. The highest BCUT2D eigenvalue weighted by atomic mass is 15.0. The Morgan fingerprint density at radius 1 is 0.727 bits per heavy atom. The van der Waals surface area contributed by atoms with Crippen molar-refractivity contribution >= 4 is 40.0 Å². The van der Waals surface area contributed by atoms with Crippen molar-refractivity contribution in [3.8, 4) is 39.1 Å². The van der Waals surface area contributed by atoms with Gasteiger partial charge in [-0.05, 0) is 118 Å². The molecule has 2 nitrogen and oxygen atoms in total. The topological polar surface area (TPSA) is 17.0 Å². The Hall–Kier alpha value is -6.38. The van der Waals surface area contributed by atoms with E-state index in [1.807, 2.05) is 19.1 Å². The van der Waals surface area contributed by atoms with Gasteiger partial charge >= 0.3 is 0 Å². The van der Waals surface area contributed by atoms with Crippen molar-refractivity contribution in [2.75, 3.05) is 5.32 Å². The van der Waals surface area contributed by atoms with Crippen LogP contribution >= 0.6 is 0 Å². The molecule has 0 saturated heterocycles. The summed E-state index contributed by atoms with van der Waals surface area (Å²) in [6, 6.07) is 48.8. The van der Waals surface area contributed by atoms with Crippen LogP contribution in [0.4, 0.5) is 11.4 Å². The fourth-order valence-electron chi connectivity index (χ4n) is 8.68. The second-order valence-corrected chi connectivity index (χ2v) is 15.6. The van der Waals surface area contributed by atoms with Gasteiger partial charge in [0.15, 0.2) is 0 Å². The summed E-state index contributed by atoms with van der Waals surface area (Å²) >= 11 is 0. The minimum absolute atomic E-state index is 0.0576. The van der Waals surface area contributed by atoms with Crippen LogP contribution in [-0.2, 0) is 5.41 Å². The number of anilines is 2. The molecule has 0 spiro atoms. The summed E-state index contributed by atoms with van der Waals surface area (Å²) in [6.45, 7) is 13.6. The van der Waals surface area contributed by atoms with E-state index in [2.05, 4.69) is 195 Å². The summed E-state index contributed by atoms with van der Waals surface area (Å²) in [7, 11) is 0. The van der Waals surface area contributed by atoms with Gasteiger partial charge in [0.1, 0.15) is 0 Å². The highest BCUT2D eigenvalue weighted by Crippen LogP contribution is 2.49. The molecule has 1 heterocycles. The van der Waals surface area contributed by atoms with Crippen molar-refractivity contribution in [3.63, 3.8) is 0 Å². The van der Waals surface area contributed by atoms with Gasteiger partial charge in [-0.15, -0.1) is 0 Å². The summed E-state index contributed by atoms with van der Waals surface area (Å²) in [6.07, 6.45) is 14.2. The highest BCUT2D eigenvalue weighted by Gasteiger charge is 2.35. The zero-order valence-corrected chi connectivity index (χ0v) is 32.1. The molecular weight excluding hydrogens is 665 g/mol. The summed E-state index contributed by atoms with van der Waals surface area (Å²) in [5.41, 5.74) is 16.7. The third kappa shape index (κ3) is 6.09. The van der Waals surface area contributed by atoms with Crippen LogP contribution in [0.5, 0.6) is 0 Å². The number of allylic oxidation sites excluding steroid dienone is 5. The predicted octanol–water partition coefficient (Wildman–Crippen LogP) is 12.8. The Morgan fingerprint density at radius 2 is 1.47 bits per heavy atom. The minimum Gasteiger partial charge on any atom is -0.355 e. The zero-order chi connectivity index (χ0) is 37.7. The Bertz CT molecular complexity index is 2820. The molecule has 1 N–H and O–H groups in total. The molecule has 2 aliphatic carbocycles. The largest absolute Gasteiger partial charge is 0.355 e. The van der Waals surface area contributed by atoms with E-state index in [9.17, 15) is 0 Å². The van der Waals surface area contributed by atoms with Crippen LogP contribution in [0, 0.1) is 5.92 Å². The SMILES string of the molecule is C=C(/C=C\C=C/C)c1cc(-c2ccc3c(c2)c2c(n3-c3ccc4c(c3)C(C)(C)c3ccccc3-4)=CCC(C)C=2)ccc1Nc1cccc(-c2ccccc2)c1. The van der Waals surface area contributed by atoms with E-state index in [4.69, 9.17) is 0 Å². The second-order valence-electron chi connectivity index (χ2n) is 15.6. The number of aromatic nitrogens is 1. The Balaban J connectivity index is 1.14. The van der Waals surface area contributed by atoms with Gasteiger partial charge in [0.05, 0.1) is 5.52 Å². The van der Waals surface area contributed by atoms with Crippen LogP contribution in [0.2, 0.25) is 0 Å². The lowest BCUT2D eigenvalue weighted by atomic mass is 9.82. The number of benzene rings is 6. The molecule has 0 saturated carbocycles. The van der Waals surface area contributed by atoms with Crippen LogP contribution in [-0.4, -0.2) is 4.57 Å². The average molecular weight is 711 g/mol. The Labute approximate surface area is 324 Å². The van der Waals surface area contributed by atoms with Crippen molar-refractivity contribution in [1.29, 1.82) is 0 Å². The summed E-state index contributed by atoms with van der Waals surface area (Å²) in [5, 5.41) is 7.64. The normalized spacial score (nSPS) is 15.4. The van der Waals surface area contributed by atoms with Gasteiger partial charge in [-0.3, -0.25) is 0 Å². The van der Waals surface area contributed by atoms with Crippen LogP contribution < -0.4 is 15.9 Å². The van der Waals surface area contributed by atoms with E-state index in [1.54, 1.807) is 0 Å². The van der Waals surface area contributed by atoms with Gasteiger partial charge in [0.25, 0.3) is 0 Å². The van der Waals surface area contributed by atoms with Gasteiger partial charge in [0, 0.05) is 44.0 Å². The molecule has 55 heavy (non-hydrogen) atoms. The van der Waals surface area contributed by atoms with Crippen molar-refractivity contribution < 1.29 is 0 Å². The third-order valence-electron chi connectivity index (χ3n) is 11.6. The molecule has 0 fully saturated rings. The molecule has 7 aromatic rings. The number of hydrogen-bond donors (Lipinski definition) is 1. The van der Waals surface area contributed by atoms with Crippen molar-refractivity contribution in [3.05, 3.63) is 192 Å². The molecule has 0 amide bonds. The smallest absolute Gasteiger partial charge is 0.0541 e. The van der Waals surface area contributed by atoms with E-state index in [0.717, 1.165) is 34.5 Å². The van der Waals surface area contributed by atoms with Crippen LogP contribution in [0.15, 0.2) is 164 Å². The maximum Gasteiger partial charge on any atom is 0.0541 e. The number of rotatable bonds is 8. The maximum absolute atomic E-state index is 4.53. The fraction of sp³-hybridized carbons (Fsp3) is 0.132. The Kier molecular flexibility index (Phi) is 8.63. The van der Waals surface area contributed by atoms with E-state index in [-0.39, 0.29) is 5.41 Å². The molecule has 0 radical (unpaired) electrons. The molecule has 0 bridgehead atoms. The van der Waals surface area contributed by atoms with Gasteiger partial charge in [-0.2, -0.15) is 0 Å². The van der Waals surface area contributed by atoms with E-state index in [0.29, 0.717) is 5.92 Å². The molecule has 9 rings (SSSR count). The number of hydrogen-bond acceptors (Lipinski definition) is 1. The highest BCUT2D eigenvalue weighted by molar-refractivity contribution is 5.92. The molecule has 2 heteroatoms. The summed E-state index contributed by atoms with van der Waals surface area (Å²) < 4.78 is 2.49. The van der Waals surface area contributed by atoms with Crippen LogP contribution in [0.25, 0.3) is 67.7 Å². The van der Waals surface area contributed by atoms with Crippen LogP contribution in [0.1, 0.15) is 50.8 Å². The first kappa shape index (κ1) is 34.4. The predicted molar refractivity (Wildman–Crippen MR) is 236 cm³/mol. The fourth-order valence-corrected chi connectivity index (χ4v) is 8.68. The van der Waals surface area contributed by atoms with Gasteiger partial charge in [-0.25, -0.2) is 0 Å². The van der Waals surface area contributed by atoms with Crippen molar-refractivity contribution in [2.24, 2.45) is 5.92 Å². The molecular formula is C53H46N2. The lowest BCUT2D eigenvalue weighted by Gasteiger charge is -2.22. The molecule has 2 aliphatic rings. The van der Waals surface area contributed by atoms with E-state index >= 15 is 0 Å². The standard InChI is InChI=1S/C53H46N2/c1-6-7-9-15-36(3)45-32-39(23-27-50(45)54-41-19-14-18-38(31-41)37-16-10-8-11-17-37)40-24-29-52-47(33-40)46-30-35(2)22-28-51(46)55(52)42-25-26-44-43-20-12-13-21-48(43)53(4,5)49(44)34-42/h6-21,23-35,54H,3,22H2,1-2,4-5H3/b7-6-,15-9-. The number of fused-ring (bicyclic) bond motifs is 6. The first-order valence-corrected chi connectivity index (χ1v) is 19.5. The maximum atomic E-state index is 4.53. The summed E-state index contributed by atoms with van der Waals surface area (Å²) in [4.78, 5) is 0. The van der Waals surface area contributed by atoms with Gasteiger partial charge < -0.3 is 9.88 Å². The third-order valence-corrected chi connectivity index (χ3v) is 11.6. The molecule has 1 atom stereocenters. The molecule has 1 unspecified atom stereocenters. The van der Waals surface area contributed by atoms with Gasteiger partial charge in [0.2, 0.25) is 0 Å². The van der Waals surface area contributed by atoms with Gasteiger partial charge in [-0.1, -0.05) is 149 Å². The zero-order valence-electron chi connectivity index (χ0n) is 32.1. The second kappa shape index (κ2) is 13.8. The quantitative estimate of drug-likeness (QED) is 0.155. The monoisotopic (exact) mass is 710 g/mol. The van der Waals surface area contributed by atoms with Crippen LogP contribution in [0.3, 0.4) is 0 Å². The summed E-state index contributed by atoms with van der Waals surface area (Å²) in [5.74, 6) is 0.480. The van der Waals surface area contributed by atoms with Crippen molar-refractivity contribution in [2.45, 2.75) is 39.5 Å².